The smallest absolute Gasteiger partial charge is 0.407 e. The molecule has 0 aliphatic carbocycles. The lowest BCUT2D eigenvalue weighted by molar-refractivity contribution is -0.586. The van der Waals surface area contributed by atoms with Crippen LogP contribution in [0, 0.1) is 0 Å². The summed E-state index contributed by atoms with van der Waals surface area (Å²) in [4.78, 5) is 22.8. The molecule has 0 radical (unpaired) electrons. The fourth-order valence-electron chi connectivity index (χ4n) is 1.53. The fourth-order valence-corrected chi connectivity index (χ4v) is 1.53. The number of hydrogen-bond acceptors (Lipinski definition) is 3. The first-order chi connectivity index (χ1) is 9.16. The highest BCUT2D eigenvalue weighted by atomic mass is 16.5. The number of amides is 1. The Kier molecular flexibility index (Phi) is 3.87. The van der Waals surface area contributed by atoms with Crippen molar-refractivity contribution in [1.29, 1.82) is 0 Å². The third-order valence-electron chi connectivity index (χ3n) is 2.50. The molecule has 0 unspecified atom stereocenters. The normalized spacial score (nSPS) is 9.89. The molecule has 2 rings (SSSR count). The molecule has 5 heteroatoms. The Bertz CT molecular complexity index is 597. The van der Waals surface area contributed by atoms with E-state index < -0.39 is 12.0 Å². The van der Waals surface area contributed by atoms with Crippen LogP contribution in [0.4, 0.5) is 4.79 Å². The van der Waals surface area contributed by atoms with Crippen molar-refractivity contribution in [3.63, 3.8) is 0 Å². The van der Waals surface area contributed by atoms with Crippen LogP contribution in [0.5, 0.6) is 0 Å². The summed E-state index contributed by atoms with van der Waals surface area (Å²) in [5, 5.41) is 0. The lowest BCUT2D eigenvalue weighted by Gasteiger charge is -2.00. The molecule has 0 aliphatic heterocycles. The molecule has 0 saturated heterocycles. The Hall–Kier alpha value is -2.69. The fraction of sp³-hybridized carbons (Fsp3) is 0.0714. The molecule has 0 atom stereocenters. The minimum atomic E-state index is -0.592. The molecule has 1 aromatic carbocycles. The van der Waals surface area contributed by atoms with Crippen LogP contribution in [-0.4, -0.2) is 12.0 Å². The van der Waals surface area contributed by atoms with Crippen molar-refractivity contribution >= 4 is 12.0 Å². The first-order valence-corrected chi connectivity index (χ1v) is 5.69. The summed E-state index contributed by atoms with van der Waals surface area (Å²) in [5.74, 6) is -0.592. The van der Waals surface area contributed by atoms with Gasteiger partial charge in [-0.25, -0.2) is 0 Å². The number of pyridine rings is 1. The number of rotatable bonds is 3. The molecule has 2 N–H and O–H groups in total. The molecule has 1 amide bonds. The topological polar surface area (TPSA) is 73.3 Å². The highest BCUT2D eigenvalue weighted by molar-refractivity contribution is 5.92. The Balaban J connectivity index is 2.04. The third-order valence-corrected chi connectivity index (χ3v) is 2.50. The van der Waals surface area contributed by atoms with Crippen LogP contribution in [0.2, 0.25) is 0 Å². The van der Waals surface area contributed by atoms with E-state index in [4.69, 9.17) is 10.5 Å². The molecule has 0 bridgehead atoms. The summed E-state index contributed by atoms with van der Waals surface area (Å²) in [6.07, 6.45) is 2.28. The molecular formula is C14H13N2O3+. The number of carbonyl (C=O) groups is 2. The van der Waals surface area contributed by atoms with Gasteiger partial charge in [-0.15, -0.1) is 0 Å². The van der Waals surface area contributed by atoms with E-state index in [1.54, 1.807) is 6.07 Å². The lowest BCUT2D eigenvalue weighted by Crippen LogP contribution is -2.43. The maximum atomic E-state index is 11.8. The van der Waals surface area contributed by atoms with Gasteiger partial charge in [-0.05, 0) is 11.6 Å². The van der Waals surface area contributed by atoms with Gasteiger partial charge in [0, 0.05) is 6.07 Å². The maximum Gasteiger partial charge on any atom is 0.602 e. The minimum Gasteiger partial charge on any atom is -0.407 e. The standard InChI is InChI=1S/C14H12N2O3/c15-13(17)12-7-4-8-16(9-12)14(18)19-10-11-5-2-1-3-6-11/h1-9H,10H2,(H-,15,17)/p+1. The molecule has 5 nitrogen and oxygen atoms in total. The number of ether oxygens (including phenoxy) is 1. The summed E-state index contributed by atoms with van der Waals surface area (Å²) in [6.45, 7) is 0.174. The minimum absolute atomic E-state index is 0.174. The average Bonchev–Trinajstić information content (AvgIpc) is 2.46. The van der Waals surface area contributed by atoms with Gasteiger partial charge in [0.1, 0.15) is 12.2 Å². The van der Waals surface area contributed by atoms with Crippen molar-refractivity contribution in [2.75, 3.05) is 0 Å². The predicted molar refractivity (Wildman–Crippen MR) is 67.2 cm³/mol. The predicted octanol–water partition coefficient (Wildman–Crippen LogP) is 1.26. The number of primary amides is 1. The van der Waals surface area contributed by atoms with Crippen molar-refractivity contribution in [1.82, 2.24) is 0 Å². The van der Waals surface area contributed by atoms with Gasteiger partial charge in [0.05, 0.1) is 0 Å². The van der Waals surface area contributed by atoms with E-state index in [9.17, 15) is 9.59 Å². The third kappa shape index (κ3) is 3.38. The van der Waals surface area contributed by atoms with Crippen LogP contribution in [0.15, 0.2) is 54.9 Å². The summed E-state index contributed by atoms with van der Waals surface area (Å²) in [7, 11) is 0. The van der Waals surface area contributed by atoms with E-state index in [1.165, 1.54) is 23.0 Å². The number of aromatic nitrogens is 1. The largest absolute Gasteiger partial charge is 0.602 e. The van der Waals surface area contributed by atoms with Gasteiger partial charge < -0.3 is 10.5 Å². The van der Waals surface area contributed by atoms with Crippen LogP contribution in [0.25, 0.3) is 0 Å². The summed E-state index contributed by atoms with van der Waals surface area (Å²) < 4.78 is 6.30. The SMILES string of the molecule is NC(=O)c1ccc[n+](C(=O)OCc2ccccc2)c1. The Morgan fingerprint density at radius 3 is 2.53 bits per heavy atom. The first-order valence-electron chi connectivity index (χ1n) is 5.69. The summed E-state index contributed by atoms with van der Waals surface area (Å²) >= 11 is 0. The van der Waals surface area contributed by atoms with Crippen molar-refractivity contribution in [3.8, 4) is 0 Å². The molecule has 1 heterocycles. The molecule has 0 fully saturated rings. The van der Waals surface area contributed by atoms with Gasteiger partial charge in [0.25, 0.3) is 5.91 Å². The van der Waals surface area contributed by atoms with Crippen molar-refractivity contribution in [2.24, 2.45) is 5.73 Å². The van der Waals surface area contributed by atoms with Crippen molar-refractivity contribution in [2.45, 2.75) is 6.61 Å². The molecule has 1 aromatic heterocycles. The highest BCUT2D eigenvalue weighted by Gasteiger charge is 2.18. The zero-order valence-corrected chi connectivity index (χ0v) is 10.2. The summed E-state index contributed by atoms with van der Waals surface area (Å²) in [6, 6.07) is 12.4. The van der Waals surface area contributed by atoms with Gasteiger partial charge in [-0.3, -0.25) is 4.79 Å². The number of hydrogen-bond donors (Lipinski definition) is 1. The van der Waals surface area contributed by atoms with Crippen LogP contribution < -0.4 is 10.3 Å². The van der Waals surface area contributed by atoms with Gasteiger partial charge in [0.15, 0.2) is 12.4 Å². The monoisotopic (exact) mass is 257 g/mol. The molecule has 19 heavy (non-hydrogen) atoms. The maximum absolute atomic E-state index is 11.8. The van der Waals surface area contributed by atoms with E-state index in [-0.39, 0.29) is 12.2 Å². The quantitative estimate of drug-likeness (QED) is 0.841. The van der Waals surface area contributed by atoms with E-state index in [0.29, 0.717) is 0 Å². The van der Waals surface area contributed by atoms with E-state index in [1.807, 2.05) is 30.3 Å². The van der Waals surface area contributed by atoms with Gasteiger partial charge in [-0.1, -0.05) is 34.9 Å². The Labute approximate surface area is 110 Å². The van der Waals surface area contributed by atoms with Gasteiger partial charge >= 0.3 is 6.09 Å². The molecule has 0 saturated carbocycles. The zero-order valence-electron chi connectivity index (χ0n) is 10.2. The second-order valence-electron chi connectivity index (χ2n) is 3.90. The van der Waals surface area contributed by atoms with Crippen molar-refractivity contribution in [3.05, 3.63) is 66.0 Å². The van der Waals surface area contributed by atoms with Crippen LogP contribution >= 0.6 is 0 Å². The van der Waals surface area contributed by atoms with E-state index in [0.717, 1.165) is 5.56 Å². The van der Waals surface area contributed by atoms with E-state index in [2.05, 4.69) is 0 Å². The molecule has 0 aliphatic rings. The molecular weight excluding hydrogens is 244 g/mol. The second-order valence-corrected chi connectivity index (χ2v) is 3.90. The first kappa shape index (κ1) is 12.8. The van der Waals surface area contributed by atoms with Crippen LogP contribution in [0.3, 0.4) is 0 Å². The van der Waals surface area contributed by atoms with Gasteiger partial charge in [-0.2, -0.15) is 4.79 Å². The van der Waals surface area contributed by atoms with Crippen LogP contribution in [-0.2, 0) is 11.3 Å². The molecule has 2 aromatic rings. The van der Waals surface area contributed by atoms with Crippen LogP contribution in [0.1, 0.15) is 15.9 Å². The van der Waals surface area contributed by atoms with Gasteiger partial charge in [0.2, 0.25) is 0 Å². The number of benzene rings is 1. The molecule has 96 valence electrons. The Morgan fingerprint density at radius 2 is 1.84 bits per heavy atom. The Morgan fingerprint density at radius 1 is 1.11 bits per heavy atom. The lowest BCUT2D eigenvalue weighted by atomic mass is 10.2. The number of carbonyl (C=O) groups excluding carboxylic acids is 2. The molecule has 0 spiro atoms. The number of nitrogens with zero attached hydrogens (tertiary/aromatic N) is 1. The highest BCUT2D eigenvalue weighted by Crippen LogP contribution is 2.00. The summed E-state index contributed by atoms with van der Waals surface area (Å²) in [5.41, 5.74) is 6.28. The van der Waals surface area contributed by atoms with E-state index >= 15 is 0 Å². The average molecular weight is 257 g/mol. The van der Waals surface area contributed by atoms with Crippen molar-refractivity contribution < 1.29 is 18.9 Å². The second kappa shape index (κ2) is 5.77. The number of nitrogens with two attached hydrogens (primary N) is 1. The zero-order chi connectivity index (χ0) is 13.7.